The molecule has 1 rings (SSSR count). The van der Waals surface area contributed by atoms with E-state index in [1.54, 1.807) is 11.8 Å². The van der Waals surface area contributed by atoms with E-state index in [-0.39, 0.29) is 12.1 Å². The molecule has 96 valence electrons. The lowest BCUT2D eigenvalue weighted by molar-refractivity contribution is 0.486. The van der Waals surface area contributed by atoms with E-state index < -0.39 is 17.5 Å². The molecule has 0 saturated carbocycles. The standard InChI is InChI=1S/C12H16F3NS/c1-17-5-3-2-4-16-8-9-6-11(14)12(15)7-10(9)13/h6-7,16H,2-5,8H2,1H3. The van der Waals surface area contributed by atoms with Gasteiger partial charge in [-0.2, -0.15) is 11.8 Å². The Bertz CT molecular complexity index is 358. The predicted molar refractivity (Wildman–Crippen MR) is 65.6 cm³/mol. The molecule has 17 heavy (non-hydrogen) atoms. The molecule has 1 aromatic rings. The lowest BCUT2D eigenvalue weighted by Gasteiger charge is -2.06. The van der Waals surface area contributed by atoms with Gasteiger partial charge in [-0.1, -0.05) is 0 Å². The lowest BCUT2D eigenvalue weighted by atomic mass is 10.2. The molecule has 0 aromatic heterocycles. The molecule has 0 aliphatic carbocycles. The summed E-state index contributed by atoms with van der Waals surface area (Å²) in [4.78, 5) is 0. The third-order valence-electron chi connectivity index (χ3n) is 2.36. The van der Waals surface area contributed by atoms with Gasteiger partial charge in [0.05, 0.1) is 0 Å². The largest absolute Gasteiger partial charge is 0.313 e. The van der Waals surface area contributed by atoms with Crippen molar-refractivity contribution >= 4 is 11.8 Å². The van der Waals surface area contributed by atoms with Crippen LogP contribution in [0.5, 0.6) is 0 Å². The first-order valence-electron chi connectivity index (χ1n) is 5.48. The molecule has 0 saturated heterocycles. The molecule has 5 heteroatoms. The fraction of sp³-hybridized carbons (Fsp3) is 0.500. The number of halogens is 3. The summed E-state index contributed by atoms with van der Waals surface area (Å²) in [6, 6.07) is 1.49. The number of benzene rings is 1. The van der Waals surface area contributed by atoms with Crippen molar-refractivity contribution in [2.45, 2.75) is 19.4 Å². The van der Waals surface area contributed by atoms with Gasteiger partial charge >= 0.3 is 0 Å². The molecule has 1 aromatic carbocycles. The molecule has 1 nitrogen and oxygen atoms in total. The Morgan fingerprint density at radius 1 is 1.06 bits per heavy atom. The average Bonchev–Trinajstić information content (AvgIpc) is 2.30. The topological polar surface area (TPSA) is 12.0 Å². The number of nitrogens with one attached hydrogen (secondary N) is 1. The van der Waals surface area contributed by atoms with Gasteiger partial charge in [0, 0.05) is 18.2 Å². The molecule has 0 aliphatic heterocycles. The molecule has 0 heterocycles. The number of thioether (sulfide) groups is 1. The molecule has 0 unspecified atom stereocenters. The summed E-state index contributed by atoms with van der Waals surface area (Å²) < 4.78 is 38.7. The fourth-order valence-corrected chi connectivity index (χ4v) is 1.91. The highest BCUT2D eigenvalue weighted by Gasteiger charge is 2.08. The Balaban J connectivity index is 2.34. The lowest BCUT2D eigenvalue weighted by Crippen LogP contribution is -2.16. The van der Waals surface area contributed by atoms with Gasteiger partial charge < -0.3 is 5.32 Å². The molecule has 0 spiro atoms. The van der Waals surface area contributed by atoms with Crippen molar-refractivity contribution in [3.8, 4) is 0 Å². The summed E-state index contributed by atoms with van der Waals surface area (Å²) in [5, 5.41) is 3.01. The van der Waals surface area contributed by atoms with E-state index in [2.05, 4.69) is 5.32 Å². The molecule has 0 atom stereocenters. The van der Waals surface area contributed by atoms with Gasteiger partial charge in [0.2, 0.25) is 0 Å². The Kier molecular flexibility index (Phi) is 6.44. The van der Waals surface area contributed by atoms with Crippen LogP contribution in [0.25, 0.3) is 0 Å². The van der Waals surface area contributed by atoms with Crippen LogP contribution < -0.4 is 5.32 Å². The zero-order valence-electron chi connectivity index (χ0n) is 9.73. The van der Waals surface area contributed by atoms with Crippen molar-refractivity contribution in [3.05, 3.63) is 35.1 Å². The van der Waals surface area contributed by atoms with E-state index in [0.717, 1.165) is 31.2 Å². The van der Waals surface area contributed by atoms with Crippen LogP contribution in [0, 0.1) is 17.5 Å². The van der Waals surface area contributed by atoms with Crippen LogP contribution >= 0.6 is 11.8 Å². The summed E-state index contributed by atoms with van der Waals surface area (Å²) in [5.74, 6) is -1.77. The summed E-state index contributed by atoms with van der Waals surface area (Å²) in [6.45, 7) is 0.974. The van der Waals surface area contributed by atoms with E-state index in [1.165, 1.54) is 0 Å². The fourth-order valence-electron chi connectivity index (χ4n) is 1.42. The molecular weight excluding hydrogens is 247 g/mol. The van der Waals surface area contributed by atoms with Crippen molar-refractivity contribution < 1.29 is 13.2 Å². The minimum atomic E-state index is -1.15. The van der Waals surface area contributed by atoms with Gasteiger partial charge in [0.1, 0.15) is 5.82 Å². The normalized spacial score (nSPS) is 10.8. The third-order valence-corrected chi connectivity index (χ3v) is 3.05. The van der Waals surface area contributed by atoms with Crippen molar-refractivity contribution in [3.63, 3.8) is 0 Å². The van der Waals surface area contributed by atoms with Crippen molar-refractivity contribution in [2.75, 3.05) is 18.6 Å². The van der Waals surface area contributed by atoms with Gasteiger partial charge in [-0.25, -0.2) is 13.2 Å². The first-order valence-corrected chi connectivity index (χ1v) is 6.87. The van der Waals surface area contributed by atoms with Crippen LogP contribution in [0.4, 0.5) is 13.2 Å². The van der Waals surface area contributed by atoms with E-state index in [0.29, 0.717) is 6.07 Å². The van der Waals surface area contributed by atoms with Crippen LogP contribution in [0.2, 0.25) is 0 Å². The van der Waals surface area contributed by atoms with Gasteiger partial charge in [-0.05, 0) is 37.5 Å². The first kappa shape index (κ1) is 14.4. The molecule has 0 amide bonds. The Morgan fingerprint density at radius 2 is 1.76 bits per heavy atom. The highest BCUT2D eigenvalue weighted by molar-refractivity contribution is 7.98. The SMILES string of the molecule is CSCCCCNCc1cc(F)c(F)cc1F. The maximum Gasteiger partial charge on any atom is 0.161 e. The van der Waals surface area contributed by atoms with Gasteiger partial charge in [-0.3, -0.25) is 0 Å². The maximum atomic E-state index is 13.2. The summed E-state index contributed by atoms with van der Waals surface area (Å²) in [7, 11) is 0. The van der Waals surface area contributed by atoms with Gasteiger partial charge in [-0.15, -0.1) is 0 Å². The monoisotopic (exact) mass is 263 g/mol. The minimum absolute atomic E-state index is 0.161. The van der Waals surface area contributed by atoms with Crippen LogP contribution in [0.1, 0.15) is 18.4 Å². The molecular formula is C12H16F3NS. The van der Waals surface area contributed by atoms with Crippen molar-refractivity contribution in [2.24, 2.45) is 0 Å². The number of hydrogen-bond acceptors (Lipinski definition) is 2. The zero-order valence-corrected chi connectivity index (χ0v) is 10.5. The van der Waals surface area contributed by atoms with E-state index >= 15 is 0 Å². The first-order chi connectivity index (χ1) is 8.15. The second-order valence-electron chi connectivity index (χ2n) is 3.73. The highest BCUT2D eigenvalue weighted by atomic mass is 32.2. The van der Waals surface area contributed by atoms with Crippen LogP contribution in [-0.2, 0) is 6.54 Å². The summed E-state index contributed by atoms with van der Waals surface area (Å²) in [6.07, 6.45) is 4.13. The van der Waals surface area contributed by atoms with E-state index in [4.69, 9.17) is 0 Å². The van der Waals surface area contributed by atoms with Crippen LogP contribution in [0.15, 0.2) is 12.1 Å². The summed E-state index contributed by atoms with van der Waals surface area (Å²) >= 11 is 1.78. The molecule has 0 aliphatic rings. The number of hydrogen-bond donors (Lipinski definition) is 1. The second-order valence-corrected chi connectivity index (χ2v) is 4.72. The van der Waals surface area contributed by atoms with Crippen LogP contribution in [-0.4, -0.2) is 18.6 Å². The Morgan fingerprint density at radius 3 is 2.47 bits per heavy atom. The molecule has 0 bridgehead atoms. The van der Waals surface area contributed by atoms with Gasteiger partial charge in [0.25, 0.3) is 0 Å². The predicted octanol–water partition coefficient (Wildman–Crippen LogP) is 3.34. The minimum Gasteiger partial charge on any atom is -0.313 e. The number of rotatable bonds is 7. The molecule has 0 fully saturated rings. The van der Waals surface area contributed by atoms with Crippen molar-refractivity contribution in [1.82, 2.24) is 5.32 Å². The zero-order chi connectivity index (χ0) is 12.7. The number of unbranched alkanes of at least 4 members (excludes halogenated alkanes) is 1. The molecule has 1 N–H and O–H groups in total. The average molecular weight is 263 g/mol. The Labute approximate surface area is 104 Å². The van der Waals surface area contributed by atoms with E-state index in [9.17, 15) is 13.2 Å². The van der Waals surface area contributed by atoms with Gasteiger partial charge in [0.15, 0.2) is 11.6 Å². The highest BCUT2D eigenvalue weighted by Crippen LogP contribution is 2.13. The smallest absolute Gasteiger partial charge is 0.161 e. The Hall–Kier alpha value is -0.680. The third kappa shape index (κ3) is 5.00. The summed E-state index contributed by atoms with van der Waals surface area (Å²) in [5.41, 5.74) is 0.161. The molecule has 0 radical (unpaired) electrons. The van der Waals surface area contributed by atoms with Crippen molar-refractivity contribution in [1.29, 1.82) is 0 Å². The van der Waals surface area contributed by atoms with E-state index in [1.807, 2.05) is 6.26 Å². The quantitative estimate of drug-likeness (QED) is 0.598. The van der Waals surface area contributed by atoms with Crippen LogP contribution in [0.3, 0.4) is 0 Å². The second kappa shape index (κ2) is 7.61. The maximum absolute atomic E-state index is 13.2.